The molecule has 1 fully saturated rings. The number of halogens is 1. The van der Waals surface area contributed by atoms with E-state index in [1.54, 1.807) is 6.07 Å². The number of aryl methyl sites for hydroxylation is 1. The van der Waals surface area contributed by atoms with Gasteiger partial charge in [-0.15, -0.1) is 0 Å². The zero-order valence-electron chi connectivity index (χ0n) is 11.9. The lowest BCUT2D eigenvalue weighted by Crippen LogP contribution is -2.41. The first-order valence-corrected chi connectivity index (χ1v) is 9.53. The molecule has 2 aliphatic rings. The van der Waals surface area contributed by atoms with E-state index < -0.39 is 10.0 Å². The number of rotatable bonds is 5. The second kappa shape index (κ2) is 5.92. The Morgan fingerprint density at radius 1 is 1.36 bits per heavy atom. The summed E-state index contributed by atoms with van der Waals surface area (Å²) < 4.78 is 28.4. The van der Waals surface area contributed by atoms with Gasteiger partial charge in [0.15, 0.2) is 0 Å². The molecule has 0 saturated heterocycles. The molecule has 0 aromatic heterocycles. The Balaban J connectivity index is 1.92. The van der Waals surface area contributed by atoms with Crippen LogP contribution < -0.4 is 15.8 Å². The molecule has 4 N–H and O–H groups in total. The molecule has 120 valence electrons. The summed E-state index contributed by atoms with van der Waals surface area (Å²) in [5.41, 5.74) is 7.17. The minimum absolute atomic E-state index is 0.0936. The molecule has 0 spiro atoms. The van der Waals surface area contributed by atoms with E-state index in [4.69, 9.17) is 5.73 Å². The lowest BCUT2D eigenvalue weighted by molar-refractivity contribution is -0.116. The normalized spacial score (nSPS) is 19.5. The molecule has 6 nitrogen and oxygen atoms in total. The Kier molecular flexibility index (Phi) is 4.28. The summed E-state index contributed by atoms with van der Waals surface area (Å²) in [7, 11) is -3.69. The zero-order chi connectivity index (χ0) is 15.9. The lowest BCUT2D eigenvalue weighted by Gasteiger charge is -2.21. The van der Waals surface area contributed by atoms with E-state index in [1.165, 1.54) is 6.07 Å². The van der Waals surface area contributed by atoms with Gasteiger partial charge in [0, 0.05) is 29.2 Å². The Bertz CT molecular complexity index is 716. The van der Waals surface area contributed by atoms with Gasteiger partial charge in [-0.2, -0.15) is 0 Å². The number of nitrogens with one attached hydrogen (secondary N) is 2. The predicted octanol–water partition coefficient (Wildman–Crippen LogP) is 1.35. The molecule has 22 heavy (non-hydrogen) atoms. The summed E-state index contributed by atoms with van der Waals surface area (Å²) in [5, 5.41) is 2.73. The fraction of sp³-hybridized carbons (Fsp3) is 0.500. The molecular weight excluding hydrogens is 370 g/mol. The van der Waals surface area contributed by atoms with Crippen LogP contribution in [0.3, 0.4) is 0 Å². The minimum atomic E-state index is -3.69. The van der Waals surface area contributed by atoms with Crippen LogP contribution in [0.2, 0.25) is 0 Å². The van der Waals surface area contributed by atoms with Crippen molar-refractivity contribution in [2.45, 2.75) is 36.6 Å². The van der Waals surface area contributed by atoms with Crippen molar-refractivity contribution in [3.05, 3.63) is 22.2 Å². The molecule has 1 aromatic carbocycles. The molecule has 3 rings (SSSR count). The fourth-order valence-electron chi connectivity index (χ4n) is 2.68. The molecule has 1 aliphatic carbocycles. The van der Waals surface area contributed by atoms with Crippen LogP contribution in [0.5, 0.6) is 0 Å². The third-order valence-electron chi connectivity index (χ3n) is 4.09. The number of hydrogen-bond donors (Lipinski definition) is 3. The van der Waals surface area contributed by atoms with Crippen molar-refractivity contribution in [1.82, 2.24) is 4.72 Å². The molecule has 8 heteroatoms. The molecule has 1 atom stereocenters. The number of nitrogens with two attached hydrogens (primary N) is 1. The standard InChI is InChI=1S/C14H18BrN3O3S/c15-10-5-9-3-4-14(19)17-11(9)6-13(10)22(20,21)18-12(7-16)8-1-2-8/h5-6,8,12,18H,1-4,7,16H2,(H,17,19)/t12-/m0/s1. The maximum atomic E-state index is 12.6. The second-order valence-corrected chi connectivity index (χ2v) is 8.33. The van der Waals surface area contributed by atoms with Crippen LogP contribution in [0.1, 0.15) is 24.8 Å². The number of carbonyl (C=O) groups excluding carboxylic acids is 1. The first-order chi connectivity index (χ1) is 10.4. The number of anilines is 1. The zero-order valence-corrected chi connectivity index (χ0v) is 14.3. The van der Waals surface area contributed by atoms with Crippen molar-refractivity contribution in [2.24, 2.45) is 11.7 Å². The quantitative estimate of drug-likeness (QED) is 0.709. The van der Waals surface area contributed by atoms with Crippen LogP contribution in [0, 0.1) is 5.92 Å². The summed E-state index contributed by atoms with van der Waals surface area (Å²) in [6, 6.07) is 3.04. The highest BCUT2D eigenvalue weighted by Crippen LogP contribution is 2.35. The van der Waals surface area contributed by atoms with Crippen LogP contribution in [0.15, 0.2) is 21.5 Å². The van der Waals surface area contributed by atoms with Gasteiger partial charge in [-0.25, -0.2) is 13.1 Å². The lowest BCUT2D eigenvalue weighted by atomic mass is 10.0. The van der Waals surface area contributed by atoms with E-state index in [-0.39, 0.29) is 23.4 Å². The molecule has 0 radical (unpaired) electrons. The SMILES string of the molecule is NC[C@H](NS(=O)(=O)c1cc2c(cc1Br)CCC(=O)N2)C1CC1. The highest BCUT2D eigenvalue weighted by Gasteiger charge is 2.34. The van der Waals surface area contributed by atoms with E-state index in [2.05, 4.69) is 26.0 Å². The van der Waals surface area contributed by atoms with Gasteiger partial charge in [0.25, 0.3) is 0 Å². The van der Waals surface area contributed by atoms with E-state index >= 15 is 0 Å². The first-order valence-electron chi connectivity index (χ1n) is 7.25. The highest BCUT2D eigenvalue weighted by molar-refractivity contribution is 9.10. The van der Waals surface area contributed by atoms with Gasteiger partial charge in [0.1, 0.15) is 0 Å². The maximum Gasteiger partial charge on any atom is 0.242 e. The second-order valence-electron chi connectivity index (χ2n) is 5.79. The number of carbonyl (C=O) groups is 1. The Morgan fingerprint density at radius 3 is 2.73 bits per heavy atom. The van der Waals surface area contributed by atoms with Crippen molar-refractivity contribution >= 4 is 37.5 Å². The van der Waals surface area contributed by atoms with Crippen LogP contribution in [-0.2, 0) is 21.2 Å². The fourth-order valence-corrected chi connectivity index (χ4v) is 5.12. The average Bonchev–Trinajstić information content (AvgIpc) is 3.29. The van der Waals surface area contributed by atoms with E-state index in [0.717, 1.165) is 18.4 Å². The summed E-state index contributed by atoms with van der Waals surface area (Å²) in [4.78, 5) is 11.6. The average molecular weight is 388 g/mol. The third kappa shape index (κ3) is 3.19. The van der Waals surface area contributed by atoms with E-state index in [0.29, 0.717) is 28.9 Å². The van der Waals surface area contributed by atoms with Crippen molar-refractivity contribution in [1.29, 1.82) is 0 Å². The van der Waals surface area contributed by atoms with E-state index in [1.807, 2.05) is 0 Å². The summed E-state index contributed by atoms with van der Waals surface area (Å²) in [6.45, 7) is 0.281. The number of hydrogen-bond acceptors (Lipinski definition) is 4. The topological polar surface area (TPSA) is 101 Å². The van der Waals surface area contributed by atoms with Gasteiger partial charge in [-0.1, -0.05) is 0 Å². The first kappa shape index (κ1) is 15.9. The number of benzene rings is 1. The molecule has 0 bridgehead atoms. The molecule has 0 unspecified atom stereocenters. The largest absolute Gasteiger partial charge is 0.329 e. The van der Waals surface area contributed by atoms with Crippen LogP contribution in [0.25, 0.3) is 0 Å². The third-order valence-corrected chi connectivity index (χ3v) is 6.54. The van der Waals surface area contributed by atoms with Gasteiger partial charge < -0.3 is 11.1 Å². The number of sulfonamides is 1. The van der Waals surface area contributed by atoms with Crippen LogP contribution in [-0.4, -0.2) is 26.9 Å². The molecular formula is C14H18BrN3O3S. The summed E-state index contributed by atoms with van der Waals surface area (Å²) in [5.74, 6) is 0.236. The van der Waals surface area contributed by atoms with Crippen molar-refractivity contribution in [3.8, 4) is 0 Å². The van der Waals surface area contributed by atoms with Gasteiger partial charge in [0.2, 0.25) is 15.9 Å². The smallest absolute Gasteiger partial charge is 0.242 e. The monoisotopic (exact) mass is 387 g/mol. The van der Waals surface area contributed by atoms with Crippen molar-refractivity contribution < 1.29 is 13.2 Å². The summed E-state index contributed by atoms with van der Waals surface area (Å²) >= 11 is 3.33. The van der Waals surface area contributed by atoms with Crippen LogP contribution in [0.4, 0.5) is 5.69 Å². The summed E-state index contributed by atoms with van der Waals surface area (Å²) in [6.07, 6.45) is 3.04. The Morgan fingerprint density at radius 2 is 2.09 bits per heavy atom. The maximum absolute atomic E-state index is 12.6. The van der Waals surface area contributed by atoms with Gasteiger partial charge in [0.05, 0.1) is 4.90 Å². The van der Waals surface area contributed by atoms with Gasteiger partial charge in [-0.05, 0) is 58.8 Å². The molecule has 1 saturated carbocycles. The number of amides is 1. The minimum Gasteiger partial charge on any atom is -0.329 e. The molecule has 1 aromatic rings. The van der Waals surface area contributed by atoms with Crippen LogP contribution >= 0.6 is 15.9 Å². The van der Waals surface area contributed by atoms with Crippen molar-refractivity contribution in [2.75, 3.05) is 11.9 Å². The molecule has 1 heterocycles. The van der Waals surface area contributed by atoms with Gasteiger partial charge >= 0.3 is 0 Å². The Labute approximate surface area is 138 Å². The highest BCUT2D eigenvalue weighted by atomic mass is 79.9. The Hall–Kier alpha value is -0.960. The predicted molar refractivity (Wildman–Crippen MR) is 87.0 cm³/mol. The molecule has 1 aliphatic heterocycles. The van der Waals surface area contributed by atoms with Crippen molar-refractivity contribution in [3.63, 3.8) is 0 Å². The van der Waals surface area contributed by atoms with E-state index in [9.17, 15) is 13.2 Å². The molecule has 1 amide bonds. The van der Waals surface area contributed by atoms with Gasteiger partial charge in [-0.3, -0.25) is 4.79 Å². The number of fused-ring (bicyclic) bond motifs is 1.